The molecule has 0 aliphatic carbocycles. The van der Waals surface area contributed by atoms with Crippen LogP contribution >= 0.6 is 0 Å². The van der Waals surface area contributed by atoms with E-state index in [9.17, 15) is 24.3 Å². The number of aliphatic carboxylic acids is 1. The molecule has 38 heavy (non-hydrogen) atoms. The first-order chi connectivity index (χ1) is 17.9. The number of carboxylic acids is 1. The third kappa shape index (κ3) is 6.59. The molecule has 2 heterocycles. The minimum Gasteiger partial charge on any atom is -0.480 e. The van der Waals surface area contributed by atoms with Crippen LogP contribution in [0.15, 0.2) is 29.2 Å². The lowest BCUT2D eigenvalue weighted by Crippen LogP contribution is -2.59. The highest BCUT2D eigenvalue weighted by Gasteiger charge is 2.38. The number of aromatic nitrogens is 2. The molecule has 3 unspecified atom stereocenters. The van der Waals surface area contributed by atoms with Crippen molar-refractivity contribution < 1.29 is 19.5 Å². The highest BCUT2D eigenvalue weighted by atomic mass is 16.4. The Bertz CT molecular complexity index is 1200. The van der Waals surface area contributed by atoms with E-state index in [-0.39, 0.29) is 41.7 Å². The number of benzene rings is 1. The zero-order chi connectivity index (χ0) is 28.1. The fourth-order valence-electron chi connectivity index (χ4n) is 5.35. The van der Waals surface area contributed by atoms with E-state index in [2.05, 4.69) is 48.3 Å². The third-order valence-corrected chi connectivity index (χ3v) is 7.35. The third-order valence-electron chi connectivity index (χ3n) is 7.35. The van der Waals surface area contributed by atoms with Crippen LogP contribution in [0.1, 0.15) is 74.0 Å². The second kappa shape index (κ2) is 12.2. The van der Waals surface area contributed by atoms with Crippen LogP contribution in [0.2, 0.25) is 0 Å². The van der Waals surface area contributed by atoms with Crippen molar-refractivity contribution >= 4 is 23.7 Å². The summed E-state index contributed by atoms with van der Waals surface area (Å²) < 4.78 is 0. The molecule has 1 aromatic carbocycles. The molecule has 10 nitrogen and oxygen atoms in total. The van der Waals surface area contributed by atoms with Crippen LogP contribution in [0.3, 0.4) is 0 Å². The summed E-state index contributed by atoms with van der Waals surface area (Å²) in [5.74, 6) is -1.17. The number of hydrogen-bond donors (Lipinski definition) is 4. The summed E-state index contributed by atoms with van der Waals surface area (Å²) in [6.07, 6.45) is 3.80. The fourth-order valence-corrected chi connectivity index (χ4v) is 5.35. The van der Waals surface area contributed by atoms with E-state index in [1.54, 1.807) is 0 Å². The van der Waals surface area contributed by atoms with Crippen LogP contribution in [-0.2, 0) is 11.2 Å². The normalized spacial score (nSPS) is 18.4. The van der Waals surface area contributed by atoms with Crippen molar-refractivity contribution in [1.29, 1.82) is 0 Å². The number of nitrogens with zero attached hydrogens (tertiary/aromatic N) is 2. The van der Waals surface area contributed by atoms with Crippen molar-refractivity contribution in [2.75, 3.05) is 5.32 Å². The Morgan fingerprint density at radius 2 is 1.66 bits per heavy atom. The summed E-state index contributed by atoms with van der Waals surface area (Å²) >= 11 is 0. The van der Waals surface area contributed by atoms with Crippen molar-refractivity contribution in [2.45, 2.75) is 85.4 Å². The summed E-state index contributed by atoms with van der Waals surface area (Å²) in [5.41, 5.74) is 1.59. The number of piperidine rings is 1. The number of anilines is 1. The van der Waals surface area contributed by atoms with Gasteiger partial charge in [0, 0.05) is 35.8 Å². The molecule has 3 rings (SSSR count). The van der Waals surface area contributed by atoms with Gasteiger partial charge in [-0.3, -0.25) is 9.78 Å². The Morgan fingerprint density at radius 3 is 2.18 bits per heavy atom. The van der Waals surface area contributed by atoms with Crippen molar-refractivity contribution in [3.63, 3.8) is 0 Å². The van der Waals surface area contributed by atoms with E-state index in [1.807, 2.05) is 36.9 Å². The molecule has 4 N–H and O–H groups in total. The number of likely N-dealkylation sites (tertiary alicyclic amines) is 1. The summed E-state index contributed by atoms with van der Waals surface area (Å²) in [6, 6.07) is 3.76. The molecule has 1 aromatic heterocycles. The number of rotatable bonds is 8. The summed E-state index contributed by atoms with van der Waals surface area (Å²) in [6.45, 7) is 11.9. The topological polar surface area (TPSA) is 144 Å². The first kappa shape index (κ1) is 28.9. The van der Waals surface area contributed by atoms with Gasteiger partial charge in [-0.1, -0.05) is 45.9 Å². The minimum absolute atomic E-state index is 0.00698. The summed E-state index contributed by atoms with van der Waals surface area (Å²) in [7, 11) is 0. The van der Waals surface area contributed by atoms with Gasteiger partial charge in [0.05, 0.1) is 0 Å². The highest BCUT2D eigenvalue weighted by molar-refractivity contribution is 6.06. The quantitative estimate of drug-likeness (QED) is 0.412. The van der Waals surface area contributed by atoms with E-state index < -0.39 is 29.6 Å². The molecule has 1 aliphatic rings. The number of urea groups is 1. The Kier molecular flexibility index (Phi) is 9.30. The molecule has 0 saturated carbocycles. The lowest BCUT2D eigenvalue weighted by atomic mass is 9.85. The van der Waals surface area contributed by atoms with Gasteiger partial charge in [-0.15, -0.1) is 0 Å². The van der Waals surface area contributed by atoms with E-state index in [4.69, 9.17) is 0 Å². The van der Waals surface area contributed by atoms with Gasteiger partial charge in [-0.2, -0.15) is 0 Å². The van der Waals surface area contributed by atoms with Gasteiger partial charge in [-0.05, 0) is 56.1 Å². The van der Waals surface area contributed by atoms with Crippen LogP contribution in [0.5, 0.6) is 0 Å². The zero-order valence-corrected chi connectivity index (χ0v) is 23.0. The molecule has 0 bridgehead atoms. The number of aryl methyl sites for hydroxylation is 2. The smallest absolute Gasteiger partial charge is 0.346 e. The highest BCUT2D eigenvalue weighted by Crippen LogP contribution is 2.31. The minimum atomic E-state index is -1.30. The largest absolute Gasteiger partial charge is 0.480 e. The molecule has 1 fully saturated rings. The maximum atomic E-state index is 13.5. The average Bonchev–Trinajstić information content (AvgIpc) is 2.84. The molecule has 0 spiro atoms. The monoisotopic (exact) mass is 525 g/mol. The van der Waals surface area contributed by atoms with E-state index in [1.165, 1.54) is 6.20 Å². The number of carbonyl (C=O) groups is 3. The van der Waals surface area contributed by atoms with Gasteiger partial charge in [0.15, 0.2) is 0 Å². The van der Waals surface area contributed by atoms with Gasteiger partial charge in [0.2, 0.25) is 0 Å². The van der Waals surface area contributed by atoms with Crippen molar-refractivity contribution in [2.24, 2.45) is 11.8 Å². The molecule has 3 amide bonds. The number of aromatic amines is 1. The van der Waals surface area contributed by atoms with Crippen molar-refractivity contribution in [3.8, 4) is 0 Å². The fraction of sp³-hybridized carbons (Fsp3) is 0.536. The number of carboxylic acid groups (broad SMARTS) is 1. The van der Waals surface area contributed by atoms with Crippen LogP contribution in [0.25, 0.3) is 0 Å². The van der Waals surface area contributed by atoms with Crippen LogP contribution in [0.4, 0.5) is 10.6 Å². The lowest BCUT2D eigenvalue weighted by molar-refractivity contribution is -0.139. The number of H-pyrrole nitrogens is 1. The first-order valence-electron chi connectivity index (χ1n) is 13.2. The number of amides is 3. The predicted molar refractivity (Wildman–Crippen MR) is 145 cm³/mol. The Hall–Kier alpha value is -3.69. The molecule has 3 atom stereocenters. The molecule has 206 valence electrons. The molecule has 1 saturated heterocycles. The second-order valence-electron chi connectivity index (χ2n) is 10.8. The van der Waals surface area contributed by atoms with Gasteiger partial charge in [-0.25, -0.2) is 19.4 Å². The lowest BCUT2D eigenvalue weighted by Gasteiger charge is -2.46. The van der Waals surface area contributed by atoms with Crippen molar-refractivity contribution in [3.05, 3.63) is 57.1 Å². The Morgan fingerprint density at radius 1 is 1.08 bits per heavy atom. The second-order valence-corrected chi connectivity index (χ2v) is 10.8. The number of nitrogens with one attached hydrogen (secondary N) is 3. The zero-order valence-electron chi connectivity index (χ0n) is 23.0. The Balaban J connectivity index is 1.87. The average molecular weight is 526 g/mol. The van der Waals surface area contributed by atoms with Gasteiger partial charge in [0.1, 0.15) is 11.9 Å². The first-order valence-corrected chi connectivity index (χ1v) is 13.2. The van der Waals surface area contributed by atoms with E-state index in [0.717, 1.165) is 30.4 Å². The Labute approximate surface area is 223 Å². The standard InChI is InChI=1S/C28H39N5O5/c1-15(2)21-11-8-12-22(16(3)4)33(21)28(38)30-20(26(35)36)13-19-14-29-27(37)32-24(19)31-25(34)23-17(5)9-7-10-18(23)6/h7,9-10,14-16,20-22H,8,11-13H2,1-6H3,(H,30,38)(H,35,36)(H2,29,31,32,34,37). The predicted octanol–water partition coefficient (Wildman–Crippen LogP) is 3.88. The van der Waals surface area contributed by atoms with Gasteiger partial charge in [0.25, 0.3) is 5.91 Å². The number of hydrogen-bond acceptors (Lipinski definition) is 5. The maximum Gasteiger partial charge on any atom is 0.346 e. The molecule has 1 aliphatic heterocycles. The van der Waals surface area contributed by atoms with Gasteiger partial charge >= 0.3 is 17.7 Å². The number of carbonyl (C=O) groups excluding carboxylic acids is 2. The molecular formula is C28H39N5O5. The van der Waals surface area contributed by atoms with Crippen LogP contribution < -0.4 is 16.3 Å². The molecule has 10 heteroatoms. The van der Waals surface area contributed by atoms with Crippen LogP contribution in [-0.4, -0.2) is 56.0 Å². The molecular weight excluding hydrogens is 486 g/mol. The summed E-state index contributed by atoms with van der Waals surface area (Å²) in [5, 5.41) is 15.4. The maximum absolute atomic E-state index is 13.5. The van der Waals surface area contributed by atoms with Gasteiger partial charge < -0.3 is 20.6 Å². The van der Waals surface area contributed by atoms with E-state index in [0.29, 0.717) is 5.56 Å². The molecule has 0 radical (unpaired) electrons. The van der Waals surface area contributed by atoms with Crippen molar-refractivity contribution in [1.82, 2.24) is 20.2 Å². The van der Waals surface area contributed by atoms with Crippen LogP contribution in [0, 0.1) is 25.7 Å². The summed E-state index contributed by atoms with van der Waals surface area (Å²) in [4.78, 5) is 58.9. The SMILES string of the molecule is Cc1cccc(C)c1C(=O)Nc1[nH]c(=O)ncc1CC(NC(=O)N1C(C(C)C)CCCC1C(C)C)C(=O)O. The molecule has 2 aromatic rings. The van der Waals surface area contributed by atoms with E-state index >= 15 is 0 Å².